The van der Waals surface area contributed by atoms with Crippen LogP contribution in [0.1, 0.15) is 0 Å². The molecule has 0 fully saturated rings. The Bertz CT molecular complexity index is 1030. The molecule has 30 heavy (non-hydrogen) atoms. The maximum absolute atomic E-state index is 12.8. The van der Waals surface area contributed by atoms with Gasteiger partial charge in [-0.1, -0.05) is 41.4 Å². The topological polar surface area (TPSA) is 95.6 Å². The molecule has 2 amide bonds. The minimum Gasteiger partial charge on any atom is -0.324 e. The number of carbonyl (C=O) groups is 2. The summed E-state index contributed by atoms with van der Waals surface area (Å²) < 4.78 is 49.2. The van der Waals surface area contributed by atoms with Gasteiger partial charge in [-0.2, -0.15) is 8.78 Å². The molecule has 0 aliphatic rings. The summed E-state index contributed by atoms with van der Waals surface area (Å²) >= 11 is 12.0. The van der Waals surface area contributed by atoms with Crippen molar-refractivity contribution in [3.8, 4) is 0 Å². The molecule has 2 N–H and O–H groups in total. The zero-order valence-electron chi connectivity index (χ0n) is 15.5. The number of anilines is 2. The maximum atomic E-state index is 12.8. The van der Waals surface area contributed by atoms with Crippen LogP contribution in [0.25, 0.3) is 0 Å². The number of nitrogens with zero attached hydrogens (tertiary/aromatic N) is 1. The van der Waals surface area contributed by atoms with Crippen LogP contribution in [-0.2, 0) is 19.4 Å². The van der Waals surface area contributed by atoms with Gasteiger partial charge in [0.2, 0.25) is 21.7 Å². The van der Waals surface area contributed by atoms with Crippen LogP contribution < -0.4 is 10.6 Å². The molecule has 2 aromatic carbocycles. The van der Waals surface area contributed by atoms with Crippen LogP contribution in [-0.4, -0.2) is 51.0 Å². The monoisotopic (exact) mass is 479 g/mol. The lowest BCUT2D eigenvalue weighted by Crippen LogP contribution is -2.36. The van der Waals surface area contributed by atoms with Crippen LogP contribution in [0.5, 0.6) is 0 Å². The summed E-state index contributed by atoms with van der Waals surface area (Å²) in [5.41, 5.74) is -0.0432. The van der Waals surface area contributed by atoms with Crippen molar-refractivity contribution >= 4 is 56.2 Å². The Morgan fingerprint density at radius 2 is 1.50 bits per heavy atom. The number of benzene rings is 2. The summed E-state index contributed by atoms with van der Waals surface area (Å²) in [4.78, 5) is 25.0. The van der Waals surface area contributed by atoms with Gasteiger partial charge in [0, 0.05) is 0 Å². The highest BCUT2D eigenvalue weighted by Gasteiger charge is 2.29. The molecular formula is C18H17Cl2F2N3O4S. The van der Waals surface area contributed by atoms with Crippen molar-refractivity contribution in [2.45, 2.75) is 10.7 Å². The van der Waals surface area contributed by atoms with Gasteiger partial charge >= 0.3 is 5.76 Å². The predicted molar refractivity (Wildman–Crippen MR) is 111 cm³/mol. The van der Waals surface area contributed by atoms with Gasteiger partial charge in [0.05, 0.1) is 39.4 Å². The highest BCUT2D eigenvalue weighted by atomic mass is 35.5. The molecule has 0 unspecified atom stereocenters. The number of hydrogen-bond donors (Lipinski definition) is 2. The van der Waals surface area contributed by atoms with Crippen molar-refractivity contribution in [1.29, 1.82) is 0 Å². The van der Waals surface area contributed by atoms with E-state index in [1.54, 1.807) is 18.2 Å². The molecule has 162 valence electrons. The smallest absolute Gasteiger partial charge is 0.324 e. The van der Waals surface area contributed by atoms with E-state index in [4.69, 9.17) is 23.2 Å². The molecule has 0 atom stereocenters. The zero-order valence-corrected chi connectivity index (χ0v) is 17.9. The molecular weight excluding hydrogens is 463 g/mol. The van der Waals surface area contributed by atoms with E-state index in [2.05, 4.69) is 10.6 Å². The summed E-state index contributed by atoms with van der Waals surface area (Å²) in [5, 5.41) is 5.30. The quantitative estimate of drug-likeness (QED) is 0.603. The zero-order chi connectivity index (χ0) is 22.5. The SMILES string of the molecule is CN(CC(=O)Nc1ccccc1S(=O)(=O)C(F)F)CC(=O)Nc1c(Cl)cccc1Cl. The number of nitrogens with one attached hydrogen (secondary N) is 2. The fraction of sp³-hybridized carbons (Fsp3) is 0.222. The second-order valence-corrected chi connectivity index (χ2v) is 8.87. The Morgan fingerprint density at radius 3 is 2.07 bits per heavy atom. The van der Waals surface area contributed by atoms with Crippen molar-refractivity contribution in [3.63, 3.8) is 0 Å². The summed E-state index contributed by atoms with van der Waals surface area (Å²) in [6, 6.07) is 9.53. The van der Waals surface area contributed by atoms with Crippen molar-refractivity contribution in [2.24, 2.45) is 0 Å². The average molecular weight is 480 g/mol. The fourth-order valence-electron chi connectivity index (χ4n) is 2.45. The lowest BCUT2D eigenvalue weighted by molar-refractivity contribution is -0.119. The maximum Gasteiger partial charge on any atom is 0.341 e. The van der Waals surface area contributed by atoms with Crippen molar-refractivity contribution in [3.05, 3.63) is 52.5 Å². The molecule has 0 heterocycles. The molecule has 2 rings (SSSR count). The first kappa shape index (κ1) is 24.0. The molecule has 2 aromatic rings. The third kappa shape index (κ3) is 6.11. The Labute approximate surface area is 181 Å². The van der Waals surface area contributed by atoms with Gasteiger partial charge in [-0.05, 0) is 31.3 Å². The van der Waals surface area contributed by atoms with E-state index in [0.717, 1.165) is 6.07 Å². The van der Waals surface area contributed by atoms with Crippen LogP contribution in [0.3, 0.4) is 0 Å². The van der Waals surface area contributed by atoms with Gasteiger partial charge in [-0.25, -0.2) is 8.42 Å². The molecule has 0 bridgehead atoms. The van der Waals surface area contributed by atoms with Gasteiger partial charge in [0.1, 0.15) is 0 Å². The molecule has 0 saturated carbocycles. The minimum atomic E-state index is -4.89. The van der Waals surface area contributed by atoms with E-state index in [-0.39, 0.29) is 34.5 Å². The summed E-state index contributed by atoms with van der Waals surface area (Å²) in [7, 11) is -3.43. The number of hydrogen-bond acceptors (Lipinski definition) is 5. The minimum absolute atomic E-state index is 0.216. The number of amides is 2. The highest BCUT2D eigenvalue weighted by Crippen LogP contribution is 2.29. The van der Waals surface area contributed by atoms with E-state index in [0.29, 0.717) is 0 Å². The Morgan fingerprint density at radius 1 is 0.967 bits per heavy atom. The lowest BCUT2D eigenvalue weighted by Gasteiger charge is -2.17. The number of sulfone groups is 1. The number of halogens is 4. The molecule has 12 heteroatoms. The third-order valence-corrected chi connectivity index (χ3v) is 5.82. The van der Waals surface area contributed by atoms with Crippen LogP contribution in [0.4, 0.5) is 20.2 Å². The highest BCUT2D eigenvalue weighted by molar-refractivity contribution is 7.91. The Balaban J connectivity index is 2.00. The molecule has 0 aliphatic heterocycles. The van der Waals surface area contributed by atoms with E-state index in [1.165, 1.54) is 30.1 Å². The van der Waals surface area contributed by atoms with E-state index >= 15 is 0 Å². The largest absolute Gasteiger partial charge is 0.341 e. The molecule has 0 aliphatic carbocycles. The van der Waals surface area contributed by atoms with Crippen LogP contribution in [0.15, 0.2) is 47.4 Å². The fourth-order valence-corrected chi connectivity index (χ4v) is 3.82. The first-order chi connectivity index (χ1) is 14.0. The molecule has 0 saturated heterocycles. The Hall–Kier alpha value is -2.27. The van der Waals surface area contributed by atoms with Gasteiger partial charge in [0.25, 0.3) is 0 Å². The Kier molecular flexibility index (Phi) is 8.13. The van der Waals surface area contributed by atoms with E-state index < -0.39 is 32.3 Å². The van der Waals surface area contributed by atoms with Crippen molar-refractivity contribution < 1.29 is 26.8 Å². The number of likely N-dealkylation sites (N-methyl/N-ethyl adjacent to an activating group) is 1. The molecule has 0 radical (unpaired) electrons. The summed E-state index contributed by atoms with van der Waals surface area (Å²) in [6.07, 6.45) is 0. The summed E-state index contributed by atoms with van der Waals surface area (Å²) in [6.45, 7) is -0.529. The van der Waals surface area contributed by atoms with Crippen LogP contribution in [0, 0.1) is 0 Å². The van der Waals surface area contributed by atoms with Gasteiger partial charge in [-0.15, -0.1) is 0 Å². The second-order valence-electron chi connectivity index (χ2n) is 6.17. The van der Waals surface area contributed by atoms with E-state index in [9.17, 15) is 26.8 Å². The molecule has 0 spiro atoms. The second kappa shape index (κ2) is 10.2. The number of alkyl halides is 2. The first-order valence-corrected chi connectivity index (χ1v) is 10.7. The van der Waals surface area contributed by atoms with E-state index in [1.807, 2.05) is 0 Å². The standard InChI is InChI=1S/C18H17Cl2F2N3O4S/c1-25(10-16(27)24-17-11(19)5-4-6-12(17)20)9-15(26)23-13-7-2-3-8-14(13)30(28,29)18(21)22/h2-8,18H,9-10H2,1H3,(H,23,26)(H,24,27). The van der Waals surface area contributed by atoms with Crippen molar-refractivity contribution in [2.75, 3.05) is 30.8 Å². The van der Waals surface area contributed by atoms with Gasteiger partial charge in [-0.3, -0.25) is 14.5 Å². The summed E-state index contributed by atoms with van der Waals surface area (Å²) in [5.74, 6) is -4.82. The molecule has 7 nitrogen and oxygen atoms in total. The van der Waals surface area contributed by atoms with Crippen LogP contribution in [0.2, 0.25) is 10.0 Å². The first-order valence-electron chi connectivity index (χ1n) is 8.35. The van der Waals surface area contributed by atoms with Gasteiger partial charge < -0.3 is 10.6 Å². The van der Waals surface area contributed by atoms with Crippen LogP contribution >= 0.6 is 23.2 Å². The predicted octanol–water partition coefficient (Wildman–Crippen LogP) is 3.50. The normalized spacial score (nSPS) is 11.6. The van der Waals surface area contributed by atoms with Crippen molar-refractivity contribution in [1.82, 2.24) is 4.90 Å². The number of carbonyl (C=O) groups excluding carboxylic acids is 2. The number of para-hydroxylation sites is 2. The molecule has 0 aromatic heterocycles. The lowest BCUT2D eigenvalue weighted by atomic mass is 10.3. The number of rotatable bonds is 8. The van der Waals surface area contributed by atoms with Gasteiger partial charge in [0.15, 0.2) is 0 Å². The average Bonchev–Trinajstić information content (AvgIpc) is 2.64. The third-order valence-electron chi connectivity index (χ3n) is 3.76.